The van der Waals surface area contributed by atoms with Gasteiger partial charge >= 0.3 is 6.18 Å². The van der Waals surface area contributed by atoms with Gasteiger partial charge in [0.25, 0.3) is 5.91 Å². The Hall–Kier alpha value is -3.28. The molecule has 2 saturated carbocycles. The van der Waals surface area contributed by atoms with Gasteiger partial charge in [0.1, 0.15) is 0 Å². The van der Waals surface area contributed by atoms with Crippen LogP contribution in [0, 0.1) is 11.8 Å². The second-order valence-electron chi connectivity index (χ2n) is 16.8. The number of amides is 1. The number of piperazine rings is 2. The lowest BCUT2D eigenvalue weighted by atomic mass is 9.84. The molecule has 8 nitrogen and oxygen atoms in total. The quantitative estimate of drug-likeness (QED) is 0.241. The minimum Gasteiger partial charge on any atom is -0.488 e. The van der Waals surface area contributed by atoms with E-state index in [0.717, 1.165) is 96.1 Å². The number of carbonyl (C=O) groups excluding carboxylic acids is 1. The zero-order valence-corrected chi connectivity index (χ0v) is 33.8. The maximum absolute atomic E-state index is 13.0. The Bertz CT molecular complexity index is 1520. The Balaban J connectivity index is 0.000000202. The number of allylic oxidation sites excluding steroid dienone is 1. The largest absolute Gasteiger partial charge is 0.488 e. The molecule has 2 aromatic rings. The number of hydrogen-bond donors (Lipinski definition) is 2. The van der Waals surface area contributed by atoms with Crippen LogP contribution in [0.1, 0.15) is 95.1 Å². The first-order valence-electron chi connectivity index (χ1n) is 21.7. The zero-order chi connectivity index (χ0) is 39.3. The third-order valence-electron chi connectivity index (χ3n) is 12.9. The first kappa shape index (κ1) is 42.3. The van der Waals surface area contributed by atoms with Gasteiger partial charge < -0.3 is 25.6 Å². The van der Waals surface area contributed by atoms with Gasteiger partial charge in [0.2, 0.25) is 0 Å². The third-order valence-corrected chi connectivity index (χ3v) is 12.9. The molecule has 0 bridgehead atoms. The van der Waals surface area contributed by atoms with Crippen molar-refractivity contribution in [2.45, 2.75) is 109 Å². The Labute approximate surface area is 334 Å². The number of ether oxygens (including phenoxy) is 1. The number of carbonyl (C=O) groups is 1. The van der Waals surface area contributed by atoms with Crippen molar-refractivity contribution in [1.82, 2.24) is 15.1 Å². The molecule has 3 heterocycles. The van der Waals surface area contributed by atoms with Crippen LogP contribution in [-0.4, -0.2) is 99.8 Å². The van der Waals surface area contributed by atoms with Crippen LogP contribution in [0.2, 0.25) is 0 Å². The van der Waals surface area contributed by atoms with Crippen molar-refractivity contribution < 1.29 is 22.7 Å². The molecule has 2 saturated heterocycles. The molecule has 0 unspecified atom stereocenters. The van der Waals surface area contributed by atoms with Crippen molar-refractivity contribution in [2.24, 2.45) is 17.6 Å². The summed E-state index contributed by atoms with van der Waals surface area (Å²) in [5, 5.41) is 3.13. The van der Waals surface area contributed by atoms with E-state index in [-0.39, 0.29) is 11.9 Å². The Morgan fingerprint density at radius 2 is 1.32 bits per heavy atom. The number of benzene rings is 2. The van der Waals surface area contributed by atoms with Crippen molar-refractivity contribution in [3.05, 3.63) is 71.5 Å². The number of rotatable bonds is 11. The van der Waals surface area contributed by atoms with E-state index in [9.17, 15) is 18.0 Å². The Morgan fingerprint density at radius 3 is 1.86 bits per heavy atom. The van der Waals surface area contributed by atoms with Crippen molar-refractivity contribution in [2.75, 3.05) is 81.9 Å². The Kier molecular flexibility index (Phi) is 15.8. The van der Waals surface area contributed by atoms with Gasteiger partial charge in [-0.15, -0.1) is 0 Å². The van der Waals surface area contributed by atoms with Crippen LogP contribution < -0.4 is 20.9 Å². The van der Waals surface area contributed by atoms with E-state index >= 15 is 0 Å². The number of anilines is 2. The maximum atomic E-state index is 13.0. The minimum absolute atomic E-state index is 0.0724. The number of hydrogen-bond acceptors (Lipinski definition) is 7. The molecular weight excluding hydrogens is 714 g/mol. The van der Waals surface area contributed by atoms with E-state index < -0.39 is 11.7 Å². The van der Waals surface area contributed by atoms with Crippen LogP contribution >= 0.6 is 0 Å². The van der Waals surface area contributed by atoms with E-state index in [4.69, 9.17) is 10.5 Å². The molecule has 56 heavy (non-hydrogen) atoms. The van der Waals surface area contributed by atoms with Crippen LogP contribution in [0.4, 0.5) is 24.5 Å². The summed E-state index contributed by atoms with van der Waals surface area (Å²) in [4.78, 5) is 22.0. The molecular formula is C45H67F3N6O2. The number of nitrogens with one attached hydrogen (secondary N) is 1. The highest BCUT2D eigenvalue weighted by Gasteiger charge is 2.31. The number of aryl methyl sites for hydroxylation is 1. The van der Waals surface area contributed by atoms with Crippen LogP contribution in [0.5, 0.6) is 0 Å². The molecule has 310 valence electrons. The standard InChI is InChI=1S/C25H34F3N3O2.C20H33N3/c26-25(27,28)20-4-3-5-22(18-20)31-15-13-30(14-16-31)12-11-19-7-9-21(10-8-19)29-24(32)23-6-1-2-17-33-23;1-2-17-4-3-5-20(16-17)23-14-12-22(13-15-23)11-10-18-6-8-19(21)9-7-18/h3-6,18-19,21H,1-2,7-17H2,(H,29,32);3-5,16,18-19H,2,6-15,21H2,1H3. The highest BCUT2D eigenvalue weighted by atomic mass is 19.4. The lowest BCUT2D eigenvalue weighted by molar-refractivity contribution is -0.137. The van der Waals surface area contributed by atoms with E-state index in [1.54, 1.807) is 6.07 Å². The molecule has 3 aliphatic heterocycles. The smallest absolute Gasteiger partial charge is 0.416 e. The number of nitrogens with zero attached hydrogens (tertiary/aromatic N) is 4. The van der Waals surface area contributed by atoms with Crippen LogP contribution in [-0.2, 0) is 22.1 Å². The molecule has 2 aliphatic carbocycles. The molecule has 11 heteroatoms. The van der Waals surface area contributed by atoms with Gasteiger partial charge in [-0.25, -0.2) is 0 Å². The van der Waals surface area contributed by atoms with Crippen molar-refractivity contribution in [3.63, 3.8) is 0 Å². The van der Waals surface area contributed by atoms with E-state index in [1.165, 1.54) is 88.2 Å². The molecule has 7 rings (SSSR count). The molecule has 5 aliphatic rings. The summed E-state index contributed by atoms with van der Waals surface area (Å²) in [6.07, 6.45) is 12.5. The highest BCUT2D eigenvalue weighted by Crippen LogP contribution is 2.33. The zero-order valence-electron chi connectivity index (χ0n) is 33.8. The SMILES string of the molecule is CCc1cccc(N2CCN(CCC3CCC(N)CC3)CC2)c1.O=C(NC1CCC(CCN2CCN(c3cccc(C(F)(F)F)c3)CC2)CC1)C1=CCCCO1. The van der Waals surface area contributed by atoms with Crippen LogP contribution in [0.15, 0.2) is 60.4 Å². The van der Waals surface area contributed by atoms with Crippen LogP contribution in [0.3, 0.4) is 0 Å². The summed E-state index contributed by atoms with van der Waals surface area (Å²) in [7, 11) is 0. The molecule has 0 spiro atoms. The van der Waals surface area contributed by atoms with Gasteiger partial charge in [-0.3, -0.25) is 14.6 Å². The number of nitrogens with two attached hydrogens (primary N) is 1. The van der Waals surface area contributed by atoms with Crippen molar-refractivity contribution in [3.8, 4) is 0 Å². The Morgan fingerprint density at radius 1 is 0.768 bits per heavy atom. The van der Waals surface area contributed by atoms with Gasteiger partial charge in [0.15, 0.2) is 5.76 Å². The minimum atomic E-state index is -4.30. The topological polar surface area (TPSA) is 77.3 Å². The second kappa shape index (κ2) is 20.9. The van der Waals surface area contributed by atoms with Gasteiger partial charge in [-0.1, -0.05) is 25.1 Å². The summed E-state index contributed by atoms with van der Waals surface area (Å²) < 4.78 is 44.4. The van der Waals surface area contributed by atoms with Gasteiger partial charge in [0, 0.05) is 75.8 Å². The fourth-order valence-corrected chi connectivity index (χ4v) is 9.09. The average molecular weight is 781 g/mol. The molecule has 2 aromatic carbocycles. The van der Waals surface area contributed by atoms with Crippen molar-refractivity contribution in [1.29, 1.82) is 0 Å². The summed E-state index contributed by atoms with van der Waals surface area (Å²) in [5.74, 6) is 2.00. The molecule has 1 amide bonds. The average Bonchev–Trinajstić information content (AvgIpc) is 3.24. The van der Waals surface area contributed by atoms with Crippen LogP contribution in [0.25, 0.3) is 0 Å². The first-order valence-corrected chi connectivity index (χ1v) is 21.7. The predicted octanol–water partition coefficient (Wildman–Crippen LogP) is 7.87. The fourth-order valence-electron chi connectivity index (χ4n) is 9.09. The molecule has 0 radical (unpaired) electrons. The monoisotopic (exact) mass is 781 g/mol. The maximum Gasteiger partial charge on any atom is 0.416 e. The number of alkyl halides is 3. The lowest BCUT2D eigenvalue weighted by Gasteiger charge is -2.37. The predicted molar refractivity (Wildman–Crippen MR) is 221 cm³/mol. The number of halogens is 3. The lowest BCUT2D eigenvalue weighted by Crippen LogP contribution is -2.47. The summed E-state index contributed by atoms with van der Waals surface area (Å²) in [6.45, 7) is 13.2. The third kappa shape index (κ3) is 12.9. The summed E-state index contributed by atoms with van der Waals surface area (Å²) in [5.41, 5.74) is 8.93. The van der Waals surface area contributed by atoms with Gasteiger partial charge in [0.05, 0.1) is 12.2 Å². The van der Waals surface area contributed by atoms with E-state index in [1.807, 2.05) is 11.0 Å². The highest BCUT2D eigenvalue weighted by molar-refractivity contribution is 5.91. The summed E-state index contributed by atoms with van der Waals surface area (Å²) >= 11 is 0. The van der Waals surface area contributed by atoms with Gasteiger partial charge in [-0.2, -0.15) is 13.2 Å². The van der Waals surface area contributed by atoms with E-state index in [2.05, 4.69) is 51.2 Å². The molecule has 4 fully saturated rings. The van der Waals surface area contributed by atoms with Gasteiger partial charge in [-0.05, 0) is 150 Å². The van der Waals surface area contributed by atoms with E-state index in [0.29, 0.717) is 30.0 Å². The second-order valence-corrected chi connectivity index (χ2v) is 16.8. The molecule has 0 atom stereocenters. The fraction of sp³-hybridized carbons (Fsp3) is 0.667. The summed E-state index contributed by atoms with van der Waals surface area (Å²) in [6, 6.07) is 15.4. The molecule has 0 aromatic heterocycles. The normalized spacial score (nSPS) is 25.4. The molecule has 3 N–H and O–H groups in total. The first-order chi connectivity index (χ1) is 27.1. The van der Waals surface area contributed by atoms with Crippen molar-refractivity contribution >= 4 is 17.3 Å².